The van der Waals surface area contributed by atoms with E-state index in [1.807, 2.05) is 37.3 Å². The van der Waals surface area contributed by atoms with Gasteiger partial charge >= 0.3 is 0 Å². The smallest absolute Gasteiger partial charge is 0.288 e. The minimum Gasteiger partial charge on any atom is -0.451 e. The zero-order valence-electron chi connectivity index (χ0n) is 26.0. The molecule has 0 radical (unpaired) electrons. The molecule has 2 aromatic carbocycles. The van der Waals surface area contributed by atoms with Gasteiger partial charge < -0.3 is 19.6 Å². The summed E-state index contributed by atoms with van der Waals surface area (Å²) in [6, 6.07) is 19.3. The average molecular weight is 626 g/mol. The van der Waals surface area contributed by atoms with Crippen LogP contribution in [0.2, 0.25) is 0 Å². The molecule has 1 unspecified atom stereocenters. The summed E-state index contributed by atoms with van der Waals surface area (Å²) < 4.78 is 24.0. The van der Waals surface area contributed by atoms with Gasteiger partial charge in [0.1, 0.15) is 12.4 Å². The molecule has 1 heterocycles. The number of unbranched alkanes of at least 4 members (excludes halogenated alkanes) is 2. The van der Waals surface area contributed by atoms with E-state index in [0.29, 0.717) is 42.5 Å². The molecule has 0 aliphatic heterocycles. The van der Waals surface area contributed by atoms with E-state index in [1.54, 1.807) is 50.0 Å². The molecule has 10 nitrogen and oxygen atoms in total. The normalized spacial score (nSPS) is 13.8. The Bertz CT molecular complexity index is 1390. The van der Waals surface area contributed by atoms with Crippen LogP contribution in [0, 0.1) is 5.92 Å². The zero-order valence-corrected chi connectivity index (χ0v) is 26.9. The van der Waals surface area contributed by atoms with Gasteiger partial charge in [-0.15, -0.1) is 0 Å². The summed E-state index contributed by atoms with van der Waals surface area (Å²) in [7, 11) is -2.97. The van der Waals surface area contributed by atoms with Crippen LogP contribution in [0.25, 0.3) is 11.3 Å². The SMILES string of the molecule is CCCCC[C@@H](C(=O)NCNC(=O)c1ccc(-c2cccc(P(C)(=O)OCC)c2)o1)[C@@H](CC)N(C=O)OCc1ccccc1. The van der Waals surface area contributed by atoms with Crippen molar-refractivity contribution in [1.82, 2.24) is 15.7 Å². The summed E-state index contributed by atoms with van der Waals surface area (Å²) in [6.07, 6.45) is 4.46. The van der Waals surface area contributed by atoms with Gasteiger partial charge in [0.25, 0.3) is 5.91 Å². The monoisotopic (exact) mass is 625 g/mol. The lowest BCUT2D eigenvalue weighted by atomic mass is 9.90. The van der Waals surface area contributed by atoms with E-state index < -0.39 is 25.2 Å². The van der Waals surface area contributed by atoms with Crippen LogP contribution in [-0.2, 0) is 30.1 Å². The van der Waals surface area contributed by atoms with Crippen molar-refractivity contribution in [3.05, 3.63) is 78.1 Å². The first-order valence-electron chi connectivity index (χ1n) is 15.1. The zero-order chi connectivity index (χ0) is 32.0. The topological polar surface area (TPSA) is 127 Å². The predicted octanol–water partition coefficient (Wildman–Crippen LogP) is 5.89. The van der Waals surface area contributed by atoms with E-state index in [1.165, 1.54) is 5.06 Å². The van der Waals surface area contributed by atoms with Crippen molar-refractivity contribution in [2.45, 2.75) is 65.5 Å². The van der Waals surface area contributed by atoms with Gasteiger partial charge in [-0.25, -0.2) is 5.06 Å². The van der Waals surface area contributed by atoms with Gasteiger partial charge in [-0.2, -0.15) is 0 Å². The fourth-order valence-corrected chi connectivity index (χ4v) is 6.33. The number of carbonyl (C=O) groups is 3. The molecular formula is C33H44N3O7P. The van der Waals surface area contributed by atoms with Crippen molar-refractivity contribution in [1.29, 1.82) is 0 Å². The number of rotatable bonds is 19. The number of benzene rings is 2. The Kier molecular flexibility index (Phi) is 13.9. The van der Waals surface area contributed by atoms with Crippen LogP contribution in [0.3, 0.4) is 0 Å². The number of nitrogens with zero attached hydrogens (tertiary/aromatic N) is 1. The second-order valence-corrected chi connectivity index (χ2v) is 13.0. The summed E-state index contributed by atoms with van der Waals surface area (Å²) >= 11 is 0. The first kappa shape index (κ1) is 34.8. The molecule has 2 N–H and O–H groups in total. The van der Waals surface area contributed by atoms with Crippen molar-refractivity contribution in [2.24, 2.45) is 5.92 Å². The Morgan fingerprint density at radius 3 is 2.45 bits per heavy atom. The lowest BCUT2D eigenvalue weighted by molar-refractivity contribution is -0.200. The van der Waals surface area contributed by atoms with E-state index in [0.717, 1.165) is 24.8 Å². The molecule has 3 atom stereocenters. The Morgan fingerprint density at radius 1 is 1.00 bits per heavy atom. The summed E-state index contributed by atoms with van der Waals surface area (Å²) in [4.78, 5) is 44.1. The van der Waals surface area contributed by atoms with Crippen LogP contribution in [0.5, 0.6) is 0 Å². The van der Waals surface area contributed by atoms with E-state index in [2.05, 4.69) is 17.6 Å². The first-order chi connectivity index (χ1) is 21.2. The van der Waals surface area contributed by atoms with E-state index in [4.69, 9.17) is 13.8 Å². The second kappa shape index (κ2) is 17.5. The molecule has 0 spiro atoms. The van der Waals surface area contributed by atoms with Crippen molar-refractivity contribution in [2.75, 3.05) is 19.9 Å². The van der Waals surface area contributed by atoms with Gasteiger partial charge in [0.2, 0.25) is 19.7 Å². The molecule has 0 saturated heterocycles. The highest BCUT2D eigenvalue weighted by Crippen LogP contribution is 2.41. The molecule has 44 heavy (non-hydrogen) atoms. The number of carbonyl (C=O) groups excluding carboxylic acids is 3. The van der Waals surface area contributed by atoms with Gasteiger partial charge in [-0.05, 0) is 49.6 Å². The Balaban J connectivity index is 1.63. The van der Waals surface area contributed by atoms with Gasteiger partial charge in [0.05, 0.1) is 25.2 Å². The fourth-order valence-electron chi connectivity index (χ4n) is 4.96. The van der Waals surface area contributed by atoms with Gasteiger partial charge in [0.15, 0.2) is 5.76 Å². The maximum absolute atomic E-state index is 13.4. The van der Waals surface area contributed by atoms with E-state index in [-0.39, 0.29) is 24.9 Å². The highest BCUT2D eigenvalue weighted by molar-refractivity contribution is 7.66. The largest absolute Gasteiger partial charge is 0.451 e. The highest BCUT2D eigenvalue weighted by atomic mass is 31.2. The highest BCUT2D eigenvalue weighted by Gasteiger charge is 2.32. The quantitative estimate of drug-likeness (QED) is 0.0560. The van der Waals surface area contributed by atoms with Crippen LogP contribution in [0.4, 0.5) is 0 Å². The molecule has 238 valence electrons. The van der Waals surface area contributed by atoms with E-state index in [9.17, 15) is 18.9 Å². The van der Waals surface area contributed by atoms with E-state index >= 15 is 0 Å². The number of nitrogens with one attached hydrogen (secondary N) is 2. The summed E-state index contributed by atoms with van der Waals surface area (Å²) in [6.45, 7) is 7.76. The third kappa shape index (κ3) is 9.91. The number of hydrogen-bond acceptors (Lipinski definition) is 7. The molecule has 0 aliphatic carbocycles. The predicted molar refractivity (Wildman–Crippen MR) is 170 cm³/mol. The third-order valence-corrected chi connectivity index (χ3v) is 9.28. The Labute approximate surface area is 259 Å². The fraction of sp³-hybridized carbons (Fsp3) is 0.424. The van der Waals surface area contributed by atoms with Crippen LogP contribution in [0.1, 0.15) is 69.0 Å². The molecule has 11 heteroatoms. The molecule has 0 aliphatic rings. The van der Waals surface area contributed by atoms with Crippen LogP contribution < -0.4 is 15.9 Å². The maximum Gasteiger partial charge on any atom is 0.288 e. The minimum atomic E-state index is -2.97. The van der Waals surface area contributed by atoms with Crippen LogP contribution in [-0.4, -0.2) is 49.3 Å². The molecule has 1 aromatic heterocycles. The van der Waals surface area contributed by atoms with Crippen molar-refractivity contribution in [3.8, 4) is 11.3 Å². The molecule has 0 saturated carbocycles. The van der Waals surface area contributed by atoms with Crippen molar-refractivity contribution in [3.63, 3.8) is 0 Å². The van der Waals surface area contributed by atoms with Gasteiger partial charge in [-0.3, -0.25) is 23.8 Å². The van der Waals surface area contributed by atoms with Crippen LogP contribution >= 0.6 is 7.37 Å². The number of furan rings is 1. The Hall–Kier alpha value is -3.72. The molecule has 3 rings (SSSR count). The Morgan fingerprint density at radius 2 is 1.77 bits per heavy atom. The average Bonchev–Trinajstić information content (AvgIpc) is 3.53. The number of hydroxylamine groups is 2. The number of hydrogen-bond donors (Lipinski definition) is 2. The van der Waals surface area contributed by atoms with Gasteiger partial charge in [-0.1, -0.05) is 75.6 Å². The molecule has 0 bridgehead atoms. The molecule has 3 amide bonds. The lowest BCUT2D eigenvalue weighted by Gasteiger charge is -2.32. The molecule has 0 fully saturated rings. The third-order valence-electron chi connectivity index (χ3n) is 7.31. The summed E-state index contributed by atoms with van der Waals surface area (Å²) in [5, 5.41) is 7.27. The summed E-state index contributed by atoms with van der Waals surface area (Å²) in [5.74, 6) is -0.810. The van der Waals surface area contributed by atoms with Crippen molar-refractivity contribution >= 4 is 30.9 Å². The number of amides is 3. The second-order valence-electron chi connectivity index (χ2n) is 10.5. The van der Waals surface area contributed by atoms with Gasteiger partial charge in [0, 0.05) is 17.5 Å². The standard InChI is InChI=1S/C33H44N3O7P/c1-5-8-10-18-28(29(6-2)36(24-37)41-22-25-14-11-9-12-15-25)32(38)34-23-35-33(39)31-20-19-30(43-31)26-16-13-17-27(21-26)44(4,40)42-7-3/h9,11-17,19-21,24,28-29H,5-8,10,18,22-23H2,1-4H3,(H,34,38)(H,35,39)/t28-,29-,44?/m1/s1. The minimum absolute atomic E-state index is 0.0662. The van der Waals surface area contributed by atoms with Crippen LogP contribution in [0.15, 0.2) is 71.1 Å². The lowest BCUT2D eigenvalue weighted by Crippen LogP contribution is -2.48. The summed E-state index contributed by atoms with van der Waals surface area (Å²) in [5.41, 5.74) is 1.57. The molecular weight excluding hydrogens is 581 g/mol. The maximum atomic E-state index is 13.4. The van der Waals surface area contributed by atoms with Crippen molar-refractivity contribution < 1.29 is 32.7 Å². The first-order valence-corrected chi connectivity index (χ1v) is 17.2. The molecule has 3 aromatic rings.